The number of carbonyl (C=O) groups excluding carboxylic acids is 2. The number of ether oxygens (including phenoxy) is 1. The van der Waals surface area contributed by atoms with Crippen molar-refractivity contribution in [1.82, 2.24) is 9.47 Å². The fourth-order valence-corrected chi connectivity index (χ4v) is 3.99. The van der Waals surface area contributed by atoms with Crippen molar-refractivity contribution in [2.75, 3.05) is 6.54 Å². The van der Waals surface area contributed by atoms with Crippen LogP contribution in [-0.4, -0.2) is 45.2 Å². The number of nitrogens with zero attached hydrogens (tertiary/aromatic N) is 2. The Labute approximate surface area is 168 Å². The summed E-state index contributed by atoms with van der Waals surface area (Å²) < 4.78 is 7.51. The van der Waals surface area contributed by atoms with Crippen molar-refractivity contribution in [3.63, 3.8) is 0 Å². The highest BCUT2D eigenvalue weighted by molar-refractivity contribution is 5.87. The van der Waals surface area contributed by atoms with Crippen LogP contribution in [0.25, 0.3) is 10.9 Å². The molecule has 7 nitrogen and oxygen atoms in total. The van der Waals surface area contributed by atoms with Crippen LogP contribution in [0.2, 0.25) is 0 Å². The molecule has 154 valence electrons. The third kappa shape index (κ3) is 3.79. The van der Waals surface area contributed by atoms with Crippen LogP contribution < -0.4 is 5.43 Å². The van der Waals surface area contributed by atoms with Crippen LogP contribution in [0.5, 0.6) is 0 Å². The molecule has 2 aliphatic rings. The zero-order valence-corrected chi connectivity index (χ0v) is 16.9. The smallest absolute Gasteiger partial charge is 0.410 e. The molecule has 1 saturated carbocycles. The first kappa shape index (κ1) is 19.6. The predicted molar refractivity (Wildman–Crippen MR) is 108 cm³/mol. The van der Waals surface area contributed by atoms with Gasteiger partial charge < -0.3 is 14.4 Å². The first-order valence-electron chi connectivity index (χ1n) is 9.99. The normalized spacial score (nSPS) is 22.1. The van der Waals surface area contributed by atoms with Crippen LogP contribution in [-0.2, 0) is 4.74 Å². The van der Waals surface area contributed by atoms with Crippen molar-refractivity contribution in [3.8, 4) is 0 Å². The molecule has 1 aromatic carbocycles. The fourth-order valence-electron chi connectivity index (χ4n) is 3.99. The number of hydrogen-bond donors (Lipinski definition) is 1. The second-order valence-corrected chi connectivity index (χ2v) is 8.98. The lowest BCUT2D eigenvalue weighted by molar-refractivity contribution is 0.0206. The fraction of sp³-hybridized carbons (Fsp3) is 0.500. The summed E-state index contributed by atoms with van der Waals surface area (Å²) in [6.07, 6.45) is 3.56. The molecular weight excluding hydrogens is 372 g/mol. The number of aldehydes is 1. The van der Waals surface area contributed by atoms with Gasteiger partial charge >= 0.3 is 6.09 Å². The number of benzene rings is 1. The number of hydrogen-bond acceptors (Lipinski definition) is 5. The number of aromatic nitrogens is 1. The predicted octanol–water partition coefficient (Wildman–Crippen LogP) is 3.19. The standard InChI is InChI=1S/C22H26N2O5/c1-22(2,3)29-21(28)24-11-16(26)9-18(24)13-4-7-17-19(8-13)23(15-5-6-15)10-14(12-25)20(17)27/h4,7-8,10,12,15-16,18,26H,5-6,9,11H2,1-3H3/t16-,18?/m1/s1. The summed E-state index contributed by atoms with van der Waals surface area (Å²) in [5.74, 6) is 0. The topological polar surface area (TPSA) is 88.8 Å². The van der Waals surface area contributed by atoms with Gasteiger partial charge in [-0.2, -0.15) is 0 Å². The van der Waals surface area contributed by atoms with Crippen molar-refractivity contribution in [2.45, 2.75) is 63.8 Å². The zero-order valence-electron chi connectivity index (χ0n) is 16.9. The number of amides is 1. The highest BCUT2D eigenvalue weighted by Crippen LogP contribution is 2.39. The minimum atomic E-state index is -0.633. The van der Waals surface area contributed by atoms with Gasteiger partial charge in [-0.05, 0) is 57.7 Å². The van der Waals surface area contributed by atoms with Crippen molar-refractivity contribution in [2.24, 2.45) is 0 Å². The van der Waals surface area contributed by atoms with Gasteiger partial charge in [-0.3, -0.25) is 14.5 Å². The number of likely N-dealkylation sites (tertiary alicyclic amines) is 1. The molecule has 2 atom stereocenters. The van der Waals surface area contributed by atoms with E-state index in [4.69, 9.17) is 4.74 Å². The van der Waals surface area contributed by atoms with E-state index in [0.717, 1.165) is 23.9 Å². The van der Waals surface area contributed by atoms with Gasteiger partial charge in [0.25, 0.3) is 0 Å². The molecule has 4 rings (SSSR count). The molecule has 2 fully saturated rings. The lowest BCUT2D eigenvalue weighted by atomic mass is 10.0. The number of β-amino-alcohol motifs (C(OH)–C–C–N with tert-alkyl or cyclic N) is 1. The van der Waals surface area contributed by atoms with E-state index in [-0.39, 0.29) is 29.6 Å². The Bertz CT molecular complexity index is 1030. The van der Waals surface area contributed by atoms with Gasteiger partial charge in [-0.15, -0.1) is 0 Å². The van der Waals surface area contributed by atoms with E-state index in [1.54, 1.807) is 44.0 Å². The average molecular weight is 398 g/mol. The highest BCUT2D eigenvalue weighted by atomic mass is 16.6. The van der Waals surface area contributed by atoms with Gasteiger partial charge in [0.05, 0.1) is 29.8 Å². The minimum absolute atomic E-state index is 0.156. The highest BCUT2D eigenvalue weighted by Gasteiger charge is 2.38. The summed E-state index contributed by atoms with van der Waals surface area (Å²) >= 11 is 0. The summed E-state index contributed by atoms with van der Waals surface area (Å²) in [7, 11) is 0. The average Bonchev–Trinajstić information content (AvgIpc) is 3.41. The Hall–Kier alpha value is -2.67. The van der Waals surface area contributed by atoms with E-state index in [0.29, 0.717) is 18.1 Å². The molecule has 7 heteroatoms. The number of carbonyl (C=O) groups is 2. The summed E-state index contributed by atoms with van der Waals surface area (Å²) in [6.45, 7) is 5.63. The molecule has 29 heavy (non-hydrogen) atoms. The molecule has 2 heterocycles. The molecular formula is C22H26N2O5. The molecule has 1 unspecified atom stereocenters. The summed E-state index contributed by atoms with van der Waals surface area (Å²) in [4.78, 5) is 38.1. The maximum atomic E-state index is 12.7. The minimum Gasteiger partial charge on any atom is -0.444 e. The van der Waals surface area contributed by atoms with E-state index < -0.39 is 17.8 Å². The largest absolute Gasteiger partial charge is 0.444 e. The molecule has 2 aromatic rings. The van der Waals surface area contributed by atoms with E-state index >= 15 is 0 Å². The quantitative estimate of drug-likeness (QED) is 0.802. The summed E-state index contributed by atoms with van der Waals surface area (Å²) in [6, 6.07) is 5.37. The van der Waals surface area contributed by atoms with Crippen LogP contribution in [0.15, 0.2) is 29.2 Å². The van der Waals surface area contributed by atoms with Gasteiger partial charge in [-0.1, -0.05) is 6.07 Å². The molecule has 1 aromatic heterocycles. The number of pyridine rings is 1. The molecule has 1 saturated heterocycles. The molecule has 1 aliphatic carbocycles. The Morgan fingerprint density at radius 2 is 2.00 bits per heavy atom. The third-order valence-corrected chi connectivity index (χ3v) is 5.44. The Balaban J connectivity index is 1.77. The van der Waals surface area contributed by atoms with Crippen molar-refractivity contribution < 1.29 is 19.4 Å². The lowest BCUT2D eigenvalue weighted by Crippen LogP contribution is -2.37. The second kappa shape index (κ2) is 6.99. The van der Waals surface area contributed by atoms with Crippen LogP contribution in [0.4, 0.5) is 4.79 Å². The Morgan fingerprint density at radius 3 is 2.62 bits per heavy atom. The van der Waals surface area contributed by atoms with Crippen molar-refractivity contribution in [1.29, 1.82) is 0 Å². The van der Waals surface area contributed by atoms with E-state index in [2.05, 4.69) is 0 Å². The first-order valence-corrected chi connectivity index (χ1v) is 9.99. The molecule has 0 bridgehead atoms. The summed E-state index contributed by atoms with van der Waals surface area (Å²) in [5.41, 5.74) is 0.840. The van der Waals surface area contributed by atoms with E-state index in [9.17, 15) is 19.5 Å². The molecule has 0 radical (unpaired) electrons. The van der Waals surface area contributed by atoms with E-state index in [1.165, 1.54) is 0 Å². The number of aliphatic hydroxyl groups excluding tert-OH is 1. The molecule has 0 spiro atoms. The number of rotatable bonds is 3. The SMILES string of the molecule is CC(C)(C)OC(=O)N1C[C@H](O)CC1c1ccc2c(=O)c(C=O)cn(C3CC3)c2c1. The summed E-state index contributed by atoms with van der Waals surface area (Å²) in [5, 5.41) is 10.7. The monoisotopic (exact) mass is 398 g/mol. The Morgan fingerprint density at radius 1 is 1.28 bits per heavy atom. The zero-order chi connectivity index (χ0) is 20.9. The van der Waals surface area contributed by atoms with Crippen LogP contribution in [0.3, 0.4) is 0 Å². The van der Waals surface area contributed by atoms with Crippen molar-refractivity contribution >= 4 is 23.3 Å². The molecule has 1 amide bonds. The van der Waals surface area contributed by atoms with Crippen molar-refractivity contribution in [3.05, 3.63) is 45.7 Å². The van der Waals surface area contributed by atoms with Gasteiger partial charge in [0.1, 0.15) is 5.60 Å². The molecule has 1 N–H and O–H groups in total. The molecule has 1 aliphatic heterocycles. The number of fused-ring (bicyclic) bond motifs is 1. The lowest BCUT2D eigenvalue weighted by Gasteiger charge is -2.29. The van der Waals surface area contributed by atoms with Crippen LogP contribution in [0, 0.1) is 0 Å². The van der Waals surface area contributed by atoms with Gasteiger partial charge in [0.15, 0.2) is 11.7 Å². The second-order valence-electron chi connectivity index (χ2n) is 8.98. The maximum absolute atomic E-state index is 12.7. The van der Waals surface area contributed by atoms with Gasteiger partial charge in [-0.25, -0.2) is 4.79 Å². The first-order chi connectivity index (χ1) is 13.7. The third-order valence-electron chi connectivity index (χ3n) is 5.44. The van der Waals surface area contributed by atoms with Crippen LogP contribution in [0.1, 0.15) is 68.0 Å². The van der Waals surface area contributed by atoms with E-state index in [1.807, 2.05) is 10.6 Å². The maximum Gasteiger partial charge on any atom is 0.410 e. The van der Waals surface area contributed by atoms with Gasteiger partial charge in [0, 0.05) is 17.6 Å². The van der Waals surface area contributed by atoms with Gasteiger partial charge in [0.2, 0.25) is 0 Å². The number of aliphatic hydroxyl groups is 1. The van der Waals surface area contributed by atoms with Crippen LogP contribution >= 0.6 is 0 Å². The Kier molecular flexibility index (Phi) is 4.73.